The number of aromatic nitrogens is 1. The Hall–Kier alpha value is -1.09. The molecule has 1 unspecified atom stereocenters. The molecule has 1 aromatic heterocycles. The molecule has 3 heteroatoms. The van der Waals surface area contributed by atoms with E-state index in [1.54, 1.807) is 0 Å². The predicted octanol–water partition coefficient (Wildman–Crippen LogP) is 4.05. The van der Waals surface area contributed by atoms with Gasteiger partial charge in [-0.1, -0.05) is 13.0 Å². The fraction of sp³-hybridized carbons (Fsp3) is 0.722. The van der Waals surface area contributed by atoms with E-state index >= 15 is 0 Å². The fourth-order valence-electron chi connectivity index (χ4n) is 3.01. The summed E-state index contributed by atoms with van der Waals surface area (Å²) in [7, 11) is 0. The number of nitrogens with one attached hydrogen (secondary N) is 1. The van der Waals surface area contributed by atoms with E-state index in [2.05, 4.69) is 57.0 Å². The molecule has 118 valence electrons. The van der Waals surface area contributed by atoms with Gasteiger partial charge in [-0.3, -0.25) is 0 Å². The molecule has 2 heterocycles. The van der Waals surface area contributed by atoms with Crippen LogP contribution in [0.15, 0.2) is 12.1 Å². The van der Waals surface area contributed by atoms with Gasteiger partial charge in [0.05, 0.1) is 0 Å². The average molecular weight is 289 g/mol. The third-order valence-electron chi connectivity index (χ3n) is 4.38. The maximum atomic E-state index is 4.88. The molecule has 1 fully saturated rings. The largest absolute Gasteiger partial charge is 0.354 e. The van der Waals surface area contributed by atoms with Crippen molar-refractivity contribution in [2.24, 2.45) is 0 Å². The molecule has 0 spiro atoms. The van der Waals surface area contributed by atoms with E-state index in [0.717, 1.165) is 18.8 Å². The summed E-state index contributed by atoms with van der Waals surface area (Å²) in [5, 5.41) is 3.54. The SMILES string of the molecule is CCC1CCCCN1c1ccc(CNC(C)(C)C)c(C)n1. The lowest BCUT2D eigenvalue weighted by molar-refractivity contribution is 0.423. The number of pyridine rings is 1. The van der Waals surface area contributed by atoms with Crippen LogP contribution in [0.5, 0.6) is 0 Å². The molecule has 1 aliphatic heterocycles. The highest BCUT2D eigenvalue weighted by atomic mass is 15.2. The minimum absolute atomic E-state index is 0.144. The molecule has 0 amide bonds. The molecule has 0 bridgehead atoms. The van der Waals surface area contributed by atoms with E-state index in [1.165, 1.54) is 37.1 Å². The smallest absolute Gasteiger partial charge is 0.129 e. The van der Waals surface area contributed by atoms with Crippen molar-refractivity contribution in [3.63, 3.8) is 0 Å². The number of piperidine rings is 1. The summed E-state index contributed by atoms with van der Waals surface area (Å²) < 4.78 is 0. The van der Waals surface area contributed by atoms with Gasteiger partial charge in [0, 0.05) is 30.4 Å². The van der Waals surface area contributed by atoms with Crippen LogP contribution in [-0.2, 0) is 6.54 Å². The van der Waals surface area contributed by atoms with E-state index in [-0.39, 0.29) is 5.54 Å². The summed E-state index contributed by atoms with van der Waals surface area (Å²) in [6.07, 6.45) is 5.19. The Labute approximate surface area is 130 Å². The molecule has 1 N–H and O–H groups in total. The Balaban J connectivity index is 2.10. The van der Waals surface area contributed by atoms with Crippen LogP contribution in [0.3, 0.4) is 0 Å². The lowest BCUT2D eigenvalue weighted by atomic mass is 10.00. The van der Waals surface area contributed by atoms with Gasteiger partial charge in [-0.2, -0.15) is 0 Å². The monoisotopic (exact) mass is 289 g/mol. The molecule has 1 aliphatic rings. The number of aryl methyl sites for hydroxylation is 1. The number of anilines is 1. The first-order valence-corrected chi connectivity index (χ1v) is 8.39. The Morgan fingerprint density at radius 3 is 2.67 bits per heavy atom. The zero-order chi connectivity index (χ0) is 15.5. The van der Waals surface area contributed by atoms with E-state index < -0.39 is 0 Å². The Morgan fingerprint density at radius 2 is 2.05 bits per heavy atom. The summed E-state index contributed by atoms with van der Waals surface area (Å²) in [6.45, 7) is 13.1. The minimum Gasteiger partial charge on any atom is -0.354 e. The van der Waals surface area contributed by atoms with Crippen molar-refractivity contribution in [2.45, 2.75) is 78.4 Å². The highest BCUT2D eigenvalue weighted by Gasteiger charge is 2.22. The summed E-state index contributed by atoms with van der Waals surface area (Å²) in [5.41, 5.74) is 2.61. The first-order chi connectivity index (χ1) is 9.90. The maximum Gasteiger partial charge on any atom is 0.129 e. The van der Waals surface area contributed by atoms with Crippen molar-refractivity contribution in [3.8, 4) is 0 Å². The predicted molar refractivity (Wildman–Crippen MR) is 90.8 cm³/mol. The van der Waals surface area contributed by atoms with Crippen LogP contribution >= 0.6 is 0 Å². The molecular weight excluding hydrogens is 258 g/mol. The molecule has 21 heavy (non-hydrogen) atoms. The lowest BCUT2D eigenvalue weighted by Crippen LogP contribution is -2.39. The zero-order valence-corrected chi connectivity index (χ0v) is 14.4. The third kappa shape index (κ3) is 4.44. The first kappa shape index (κ1) is 16.3. The Morgan fingerprint density at radius 1 is 1.29 bits per heavy atom. The molecule has 1 aromatic rings. The van der Waals surface area contributed by atoms with Crippen molar-refractivity contribution < 1.29 is 0 Å². The molecule has 3 nitrogen and oxygen atoms in total. The van der Waals surface area contributed by atoms with Crippen LogP contribution in [-0.4, -0.2) is 23.1 Å². The second kappa shape index (κ2) is 6.78. The van der Waals surface area contributed by atoms with Crippen LogP contribution in [0.4, 0.5) is 5.82 Å². The minimum atomic E-state index is 0.144. The van der Waals surface area contributed by atoms with Gasteiger partial charge < -0.3 is 10.2 Å². The topological polar surface area (TPSA) is 28.2 Å². The molecule has 0 aromatic carbocycles. The van der Waals surface area contributed by atoms with Crippen LogP contribution in [0.1, 0.15) is 64.6 Å². The molecule has 1 saturated heterocycles. The quantitative estimate of drug-likeness (QED) is 0.906. The summed E-state index contributed by atoms with van der Waals surface area (Å²) in [4.78, 5) is 7.39. The standard InChI is InChI=1S/C18H31N3/c1-6-16-9-7-8-12-21(16)17-11-10-15(14(2)20-17)13-19-18(3,4)5/h10-11,16,19H,6-9,12-13H2,1-5H3. The van der Waals surface area contributed by atoms with Gasteiger partial charge in [0.15, 0.2) is 0 Å². The maximum absolute atomic E-state index is 4.88. The molecule has 0 aliphatic carbocycles. The highest BCUT2D eigenvalue weighted by molar-refractivity contribution is 5.43. The van der Waals surface area contributed by atoms with Crippen LogP contribution in [0, 0.1) is 6.92 Å². The molecule has 2 rings (SSSR count). The average Bonchev–Trinajstić information content (AvgIpc) is 2.45. The highest BCUT2D eigenvalue weighted by Crippen LogP contribution is 2.26. The Bertz CT molecular complexity index is 462. The van der Waals surface area contributed by atoms with Gasteiger partial charge in [-0.05, 0) is 65.0 Å². The number of hydrogen-bond donors (Lipinski definition) is 1. The van der Waals surface area contributed by atoms with Crippen LogP contribution in [0.2, 0.25) is 0 Å². The normalized spacial score (nSPS) is 19.9. The van der Waals surface area contributed by atoms with Gasteiger partial charge in [0.2, 0.25) is 0 Å². The Kier molecular flexibility index (Phi) is 5.26. The summed E-state index contributed by atoms with van der Waals surface area (Å²) in [5.74, 6) is 1.17. The van der Waals surface area contributed by atoms with Crippen molar-refractivity contribution in [2.75, 3.05) is 11.4 Å². The van der Waals surface area contributed by atoms with Gasteiger partial charge in [0.1, 0.15) is 5.82 Å². The van der Waals surface area contributed by atoms with Crippen molar-refractivity contribution in [3.05, 3.63) is 23.4 Å². The number of rotatable bonds is 4. The van der Waals surface area contributed by atoms with Crippen molar-refractivity contribution >= 4 is 5.82 Å². The van der Waals surface area contributed by atoms with Gasteiger partial charge >= 0.3 is 0 Å². The van der Waals surface area contributed by atoms with Gasteiger partial charge in [-0.25, -0.2) is 4.98 Å². The second-order valence-electron chi connectivity index (χ2n) is 7.27. The van der Waals surface area contributed by atoms with E-state index in [9.17, 15) is 0 Å². The third-order valence-corrected chi connectivity index (χ3v) is 4.38. The molecular formula is C18H31N3. The lowest BCUT2D eigenvalue weighted by Gasteiger charge is -2.36. The first-order valence-electron chi connectivity index (χ1n) is 8.39. The summed E-state index contributed by atoms with van der Waals surface area (Å²) in [6, 6.07) is 5.13. The fourth-order valence-corrected chi connectivity index (χ4v) is 3.01. The number of nitrogens with zero attached hydrogens (tertiary/aromatic N) is 2. The van der Waals surface area contributed by atoms with Crippen LogP contribution < -0.4 is 10.2 Å². The van der Waals surface area contributed by atoms with Crippen LogP contribution in [0.25, 0.3) is 0 Å². The molecule has 0 saturated carbocycles. The second-order valence-corrected chi connectivity index (χ2v) is 7.27. The van der Waals surface area contributed by atoms with Crippen molar-refractivity contribution in [1.82, 2.24) is 10.3 Å². The molecule has 0 radical (unpaired) electrons. The molecule has 1 atom stereocenters. The number of hydrogen-bond acceptors (Lipinski definition) is 3. The van der Waals surface area contributed by atoms with E-state index in [1.807, 2.05) is 0 Å². The zero-order valence-electron chi connectivity index (χ0n) is 14.4. The van der Waals surface area contributed by atoms with E-state index in [4.69, 9.17) is 4.98 Å². The summed E-state index contributed by atoms with van der Waals surface area (Å²) >= 11 is 0. The van der Waals surface area contributed by atoms with Gasteiger partial charge in [-0.15, -0.1) is 0 Å². The van der Waals surface area contributed by atoms with E-state index in [0.29, 0.717) is 6.04 Å². The van der Waals surface area contributed by atoms with Crippen molar-refractivity contribution in [1.29, 1.82) is 0 Å². The van der Waals surface area contributed by atoms with Gasteiger partial charge in [0.25, 0.3) is 0 Å².